The minimum absolute atomic E-state index is 0.00624. The summed E-state index contributed by atoms with van der Waals surface area (Å²) in [7, 11) is 0. The fourth-order valence-electron chi connectivity index (χ4n) is 4.55. The number of nitrogens with zero attached hydrogens (tertiary/aromatic N) is 3. The SMILES string of the molecule is CSNC(=O)CCCc1ccc(N2C(=S)N(c3ccc(C#N)c(C)c3)C(=O)C23CCC3)cc1. The van der Waals surface area contributed by atoms with Gasteiger partial charge in [-0.2, -0.15) is 5.26 Å². The molecule has 1 saturated heterocycles. The van der Waals surface area contributed by atoms with Crippen LogP contribution >= 0.6 is 24.2 Å². The number of benzene rings is 2. The van der Waals surface area contributed by atoms with E-state index in [1.807, 2.05) is 36.3 Å². The first-order chi connectivity index (χ1) is 15.9. The van der Waals surface area contributed by atoms with Gasteiger partial charge in [0.15, 0.2) is 5.11 Å². The van der Waals surface area contributed by atoms with Crippen molar-refractivity contribution >= 4 is 52.5 Å². The van der Waals surface area contributed by atoms with E-state index in [0.717, 1.165) is 48.9 Å². The van der Waals surface area contributed by atoms with Crippen LogP contribution in [0.4, 0.5) is 11.4 Å². The third kappa shape index (κ3) is 4.23. The zero-order chi connectivity index (χ0) is 23.6. The highest BCUT2D eigenvalue weighted by molar-refractivity contribution is 7.97. The summed E-state index contributed by atoms with van der Waals surface area (Å²) < 4.78 is 2.74. The molecule has 8 heteroatoms. The Morgan fingerprint density at radius 1 is 1.21 bits per heavy atom. The second kappa shape index (κ2) is 9.54. The van der Waals surface area contributed by atoms with Gasteiger partial charge in [-0.05, 0) is 92.7 Å². The van der Waals surface area contributed by atoms with Gasteiger partial charge in [0.25, 0.3) is 5.91 Å². The number of nitrogens with one attached hydrogen (secondary N) is 1. The number of rotatable bonds is 7. The molecule has 0 bridgehead atoms. The van der Waals surface area contributed by atoms with Crippen LogP contribution in [0.1, 0.15) is 48.8 Å². The van der Waals surface area contributed by atoms with E-state index in [4.69, 9.17) is 12.2 Å². The number of anilines is 2. The highest BCUT2D eigenvalue weighted by Gasteiger charge is 2.59. The molecule has 0 radical (unpaired) electrons. The van der Waals surface area contributed by atoms with Crippen LogP contribution in [-0.2, 0) is 16.0 Å². The molecule has 2 aliphatic rings. The summed E-state index contributed by atoms with van der Waals surface area (Å²) in [6.45, 7) is 1.87. The Morgan fingerprint density at radius 3 is 2.48 bits per heavy atom. The first-order valence-corrected chi connectivity index (χ1v) is 12.6. The Morgan fingerprint density at radius 2 is 1.91 bits per heavy atom. The fraction of sp³-hybridized carbons (Fsp3) is 0.360. The molecule has 4 rings (SSSR count). The standard InChI is InChI=1S/C25H26N4O2S2/c1-17-15-21(12-9-19(17)16-26)28-23(31)25(13-4-14-25)29(24(28)32)20-10-7-18(8-11-20)5-3-6-22(30)27-33-2/h7-12,15H,3-6,13-14H2,1-2H3,(H,27,30). The Hall–Kier alpha value is -2.89. The minimum Gasteiger partial charge on any atom is -0.303 e. The molecule has 1 aliphatic carbocycles. The van der Waals surface area contributed by atoms with Crippen molar-refractivity contribution in [3.8, 4) is 6.07 Å². The molecule has 1 aliphatic heterocycles. The lowest BCUT2D eigenvalue weighted by atomic mass is 9.75. The lowest BCUT2D eigenvalue weighted by molar-refractivity contribution is -0.124. The summed E-state index contributed by atoms with van der Waals surface area (Å²) in [4.78, 5) is 28.9. The Bertz CT molecular complexity index is 1140. The van der Waals surface area contributed by atoms with Crippen molar-refractivity contribution in [3.63, 3.8) is 0 Å². The molecule has 2 fully saturated rings. The van der Waals surface area contributed by atoms with Crippen molar-refractivity contribution in [2.75, 3.05) is 16.1 Å². The number of hydrogen-bond donors (Lipinski definition) is 1. The largest absolute Gasteiger partial charge is 0.303 e. The van der Waals surface area contributed by atoms with E-state index in [1.165, 1.54) is 11.9 Å². The molecule has 2 amide bonds. The molecule has 170 valence electrons. The summed E-state index contributed by atoms with van der Waals surface area (Å²) in [6.07, 6.45) is 6.45. The van der Waals surface area contributed by atoms with Gasteiger partial charge in [-0.1, -0.05) is 24.1 Å². The van der Waals surface area contributed by atoms with Crippen molar-refractivity contribution in [3.05, 3.63) is 59.2 Å². The van der Waals surface area contributed by atoms with E-state index < -0.39 is 5.54 Å². The Kier molecular flexibility index (Phi) is 6.73. The zero-order valence-corrected chi connectivity index (χ0v) is 20.4. The van der Waals surface area contributed by atoms with Crippen LogP contribution in [0.5, 0.6) is 0 Å². The first kappa shape index (κ1) is 23.3. The molecular formula is C25H26N4O2S2. The van der Waals surface area contributed by atoms with Crippen molar-refractivity contribution in [1.29, 1.82) is 5.26 Å². The van der Waals surface area contributed by atoms with Crippen molar-refractivity contribution in [1.82, 2.24) is 4.72 Å². The van der Waals surface area contributed by atoms with Gasteiger partial charge in [-0.15, -0.1) is 0 Å². The van der Waals surface area contributed by atoms with Crippen LogP contribution in [0.15, 0.2) is 42.5 Å². The van der Waals surface area contributed by atoms with Gasteiger partial charge in [-0.25, -0.2) is 0 Å². The molecule has 1 spiro atoms. The highest BCUT2D eigenvalue weighted by atomic mass is 32.2. The van der Waals surface area contributed by atoms with E-state index in [2.05, 4.69) is 22.9 Å². The molecule has 6 nitrogen and oxygen atoms in total. The maximum Gasteiger partial charge on any atom is 0.259 e. The normalized spacial score (nSPS) is 16.6. The Balaban J connectivity index is 1.55. The topological polar surface area (TPSA) is 76.4 Å². The van der Waals surface area contributed by atoms with Crippen molar-refractivity contribution < 1.29 is 9.59 Å². The van der Waals surface area contributed by atoms with Crippen LogP contribution in [0.3, 0.4) is 0 Å². The third-order valence-corrected chi connectivity index (χ3v) is 7.26. The van der Waals surface area contributed by atoms with Gasteiger partial charge in [0.1, 0.15) is 5.54 Å². The maximum absolute atomic E-state index is 13.6. The van der Waals surface area contributed by atoms with E-state index >= 15 is 0 Å². The fourth-order valence-corrected chi connectivity index (χ4v) is 5.35. The number of hydrogen-bond acceptors (Lipinski definition) is 5. The summed E-state index contributed by atoms with van der Waals surface area (Å²) in [5, 5.41) is 9.72. The van der Waals surface area contributed by atoms with E-state index in [1.54, 1.807) is 17.0 Å². The lowest BCUT2D eigenvalue weighted by Crippen LogP contribution is -2.55. The number of thiocarbonyl (C=S) groups is 1. The number of amides is 2. The van der Waals surface area contributed by atoms with E-state index in [0.29, 0.717) is 22.8 Å². The van der Waals surface area contributed by atoms with Gasteiger partial charge in [-0.3, -0.25) is 14.5 Å². The number of carbonyl (C=O) groups is 2. The summed E-state index contributed by atoms with van der Waals surface area (Å²) >= 11 is 7.15. The molecule has 0 atom stereocenters. The lowest BCUT2D eigenvalue weighted by Gasteiger charge is -2.43. The van der Waals surface area contributed by atoms with E-state index in [-0.39, 0.29) is 11.8 Å². The monoisotopic (exact) mass is 478 g/mol. The van der Waals surface area contributed by atoms with Gasteiger partial charge >= 0.3 is 0 Å². The van der Waals surface area contributed by atoms with Crippen molar-refractivity contribution in [2.45, 2.75) is 51.0 Å². The number of nitriles is 1. The summed E-state index contributed by atoms with van der Waals surface area (Å²) in [5.41, 5.74) is 3.54. The molecule has 1 saturated carbocycles. The molecule has 1 N–H and O–H groups in total. The van der Waals surface area contributed by atoms with Gasteiger partial charge in [0.05, 0.1) is 17.3 Å². The average Bonchev–Trinajstić information content (AvgIpc) is 3.01. The number of aryl methyl sites for hydroxylation is 2. The maximum atomic E-state index is 13.6. The number of carbonyl (C=O) groups excluding carboxylic acids is 2. The molecule has 0 aromatic heterocycles. The highest BCUT2D eigenvalue weighted by Crippen LogP contribution is 2.47. The predicted molar refractivity (Wildman–Crippen MR) is 136 cm³/mol. The van der Waals surface area contributed by atoms with Crippen LogP contribution < -0.4 is 14.5 Å². The first-order valence-electron chi connectivity index (χ1n) is 11.0. The van der Waals surface area contributed by atoms with Crippen LogP contribution in [0, 0.1) is 18.3 Å². The van der Waals surface area contributed by atoms with Crippen LogP contribution in [-0.4, -0.2) is 28.7 Å². The zero-order valence-electron chi connectivity index (χ0n) is 18.8. The second-order valence-corrected chi connectivity index (χ2v) is 9.48. The molecule has 2 aromatic rings. The van der Waals surface area contributed by atoms with Crippen molar-refractivity contribution in [2.24, 2.45) is 0 Å². The van der Waals surface area contributed by atoms with Gasteiger partial charge in [0.2, 0.25) is 5.91 Å². The summed E-state index contributed by atoms with van der Waals surface area (Å²) in [6, 6.07) is 15.7. The van der Waals surface area contributed by atoms with Gasteiger partial charge in [0, 0.05) is 18.4 Å². The summed E-state index contributed by atoms with van der Waals surface area (Å²) in [5.74, 6) is 0.0526. The quantitative estimate of drug-likeness (QED) is 0.461. The van der Waals surface area contributed by atoms with Crippen LogP contribution in [0.2, 0.25) is 0 Å². The van der Waals surface area contributed by atoms with E-state index in [9.17, 15) is 14.9 Å². The van der Waals surface area contributed by atoms with Crippen LogP contribution in [0.25, 0.3) is 0 Å². The molecular weight excluding hydrogens is 452 g/mol. The molecule has 0 unspecified atom stereocenters. The smallest absolute Gasteiger partial charge is 0.259 e. The molecule has 33 heavy (non-hydrogen) atoms. The third-order valence-electron chi connectivity index (χ3n) is 6.46. The second-order valence-electron chi connectivity index (χ2n) is 8.50. The average molecular weight is 479 g/mol. The van der Waals surface area contributed by atoms with Gasteiger partial charge < -0.3 is 9.62 Å². The molecule has 1 heterocycles. The minimum atomic E-state index is -0.629. The predicted octanol–water partition coefficient (Wildman–Crippen LogP) is 4.64. The molecule has 2 aromatic carbocycles. The Labute approximate surface area is 204 Å².